The number of amides is 3. The Hall–Kier alpha value is -2.61. The monoisotopic (exact) mass is 463 g/mol. The van der Waals surface area contributed by atoms with Crippen LogP contribution >= 0.6 is 0 Å². The van der Waals surface area contributed by atoms with Crippen molar-refractivity contribution in [3.8, 4) is 0 Å². The number of carbonyl (C=O) groups is 3. The average molecular weight is 464 g/mol. The van der Waals surface area contributed by atoms with Crippen LogP contribution in [0.5, 0.6) is 0 Å². The van der Waals surface area contributed by atoms with Gasteiger partial charge in [-0.05, 0) is 72.9 Å². The number of aryl methyl sites for hydroxylation is 2. The molecule has 0 aliphatic heterocycles. The fourth-order valence-electron chi connectivity index (χ4n) is 3.45. The molecule has 8 nitrogen and oxygen atoms in total. The van der Waals surface area contributed by atoms with Crippen LogP contribution in [0.2, 0.25) is 0 Å². The van der Waals surface area contributed by atoms with Crippen LogP contribution in [0.1, 0.15) is 77.6 Å². The average Bonchev–Trinajstić information content (AvgIpc) is 2.69. The molecule has 0 aliphatic rings. The van der Waals surface area contributed by atoms with E-state index in [0.717, 1.165) is 11.1 Å². The number of aliphatic hydroxyl groups is 1. The lowest BCUT2D eigenvalue weighted by atomic mass is 9.94. The van der Waals surface area contributed by atoms with E-state index >= 15 is 0 Å². The molecule has 0 radical (unpaired) electrons. The van der Waals surface area contributed by atoms with Gasteiger partial charge in [-0.15, -0.1) is 0 Å². The molecule has 0 spiro atoms. The summed E-state index contributed by atoms with van der Waals surface area (Å²) in [4.78, 5) is 40.9. The first-order chi connectivity index (χ1) is 15.2. The van der Waals surface area contributed by atoms with E-state index in [2.05, 4.69) is 10.6 Å². The molecule has 0 fully saturated rings. The van der Waals surface area contributed by atoms with Crippen molar-refractivity contribution >= 4 is 17.9 Å². The molecule has 3 amide bonds. The third-order valence-electron chi connectivity index (χ3n) is 5.18. The molecule has 1 aromatic rings. The lowest BCUT2D eigenvalue weighted by Crippen LogP contribution is -2.57. The van der Waals surface area contributed by atoms with Crippen LogP contribution in [0.3, 0.4) is 0 Å². The van der Waals surface area contributed by atoms with Crippen molar-refractivity contribution in [3.63, 3.8) is 0 Å². The van der Waals surface area contributed by atoms with Gasteiger partial charge in [0, 0.05) is 12.1 Å². The standard InChI is InChI=1S/C25H41N3O5/c1-10-18(6)28(23(31)20(14-29)27-24(32)33-25(7,8)9)21(22(30)26-15(2)3)19-13-16(4)11-12-17(19)5/h11-13,15,18,20-21,29H,10,14H2,1-9H3,(H,26,30)(H,27,32). The van der Waals surface area contributed by atoms with Gasteiger partial charge < -0.3 is 25.4 Å². The summed E-state index contributed by atoms with van der Waals surface area (Å²) in [6.07, 6.45) is -0.235. The maximum Gasteiger partial charge on any atom is 0.408 e. The first kappa shape index (κ1) is 28.4. The summed E-state index contributed by atoms with van der Waals surface area (Å²) in [5, 5.41) is 15.3. The van der Waals surface area contributed by atoms with E-state index in [4.69, 9.17) is 4.74 Å². The van der Waals surface area contributed by atoms with Crippen molar-refractivity contribution in [1.29, 1.82) is 0 Å². The first-order valence-corrected chi connectivity index (χ1v) is 11.5. The Morgan fingerprint density at radius 3 is 2.18 bits per heavy atom. The summed E-state index contributed by atoms with van der Waals surface area (Å²) in [6.45, 7) is 15.8. The molecule has 1 rings (SSSR count). The zero-order chi connectivity index (χ0) is 25.5. The highest BCUT2D eigenvalue weighted by atomic mass is 16.6. The Labute approximate surface area is 198 Å². The molecule has 3 unspecified atom stereocenters. The highest BCUT2D eigenvalue weighted by molar-refractivity contribution is 5.92. The number of nitrogens with zero attached hydrogens (tertiary/aromatic N) is 1. The second-order valence-electron chi connectivity index (χ2n) is 9.81. The van der Waals surface area contributed by atoms with Crippen molar-refractivity contribution in [1.82, 2.24) is 15.5 Å². The van der Waals surface area contributed by atoms with Crippen LogP contribution in [-0.4, -0.2) is 58.2 Å². The summed E-state index contributed by atoms with van der Waals surface area (Å²) in [6, 6.07) is 3.12. The molecular formula is C25H41N3O5. The second kappa shape index (κ2) is 12.0. The van der Waals surface area contributed by atoms with Gasteiger partial charge in [0.15, 0.2) is 0 Å². The van der Waals surface area contributed by atoms with E-state index in [1.54, 1.807) is 20.8 Å². The van der Waals surface area contributed by atoms with Crippen LogP contribution in [-0.2, 0) is 14.3 Å². The van der Waals surface area contributed by atoms with E-state index in [9.17, 15) is 19.5 Å². The number of hydrogen-bond acceptors (Lipinski definition) is 5. The molecule has 8 heteroatoms. The van der Waals surface area contributed by atoms with Gasteiger partial charge in [-0.2, -0.15) is 0 Å². The molecule has 0 aromatic heterocycles. The Morgan fingerprint density at radius 2 is 1.70 bits per heavy atom. The quantitative estimate of drug-likeness (QED) is 0.520. The van der Waals surface area contributed by atoms with Crippen LogP contribution in [0.15, 0.2) is 18.2 Å². The minimum atomic E-state index is -1.26. The van der Waals surface area contributed by atoms with Gasteiger partial charge in [-0.3, -0.25) is 9.59 Å². The topological polar surface area (TPSA) is 108 Å². The number of benzene rings is 1. The van der Waals surface area contributed by atoms with E-state index < -0.39 is 36.3 Å². The molecule has 0 saturated heterocycles. The summed E-state index contributed by atoms with van der Waals surface area (Å²) < 4.78 is 5.26. The summed E-state index contributed by atoms with van der Waals surface area (Å²) >= 11 is 0. The number of ether oxygens (including phenoxy) is 1. The predicted molar refractivity (Wildman–Crippen MR) is 129 cm³/mol. The summed E-state index contributed by atoms with van der Waals surface area (Å²) in [5.74, 6) is -0.871. The van der Waals surface area contributed by atoms with E-state index in [1.165, 1.54) is 4.90 Å². The summed E-state index contributed by atoms with van der Waals surface area (Å²) in [7, 11) is 0. The van der Waals surface area contributed by atoms with E-state index in [0.29, 0.717) is 12.0 Å². The third-order valence-corrected chi connectivity index (χ3v) is 5.18. The lowest BCUT2D eigenvalue weighted by Gasteiger charge is -2.38. The van der Waals surface area contributed by atoms with Gasteiger partial charge in [0.1, 0.15) is 17.7 Å². The predicted octanol–water partition coefficient (Wildman–Crippen LogP) is 3.38. The normalized spacial score (nSPS) is 14.3. The molecule has 33 heavy (non-hydrogen) atoms. The van der Waals surface area contributed by atoms with Crippen molar-refractivity contribution in [2.24, 2.45) is 0 Å². The Kier molecular flexibility index (Phi) is 10.4. The zero-order valence-corrected chi connectivity index (χ0v) is 21.5. The van der Waals surface area contributed by atoms with Crippen LogP contribution < -0.4 is 10.6 Å². The molecule has 3 atom stereocenters. The minimum absolute atomic E-state index is 0.132. The maximum atomic E-state index is 13.7. The second-order valence-corrected chi connectivity index (χ2v) is 9.81. The Balaban J connectivity index is 3.51. The van der Waals surface area contributed by atoms with Crippen LogP contribution in [0.25, 0.3) is 0 Å². The lowest BCUT2D eigenvalue weighted by molar-refractivity contribution is -0.146. The minimum Gasteiger partial charge on any atom is -0.444 e. The molecule has 1 aromatic carbocycles. The smallest absolute Gasteiger partial charge is 0.408 e. The van der Waals surface area contributed by atoms with Crippen LogP contribution in [0, 0.1) is 13.8 Å². The van der Waals surface area contributed by atoms with Gasteiger partial charge in [0.2, 0.25) is 11.8 Å². The number of nitrogens with one attached hydrogen (secondary N) is 2. The zero-order valence-electron chi connectivity index (χ0n) is 21.5. The number of alkyl carbamates (subject to hydrolysis) is 1. The first-order valence-electron chi connectivity index (χ1n) is 11.5. The fraction of sp³-hybridized carbons (Fsp3) is 0.640. The van der Waals surface area contributed by atoms with Gasteiger partial charge in [0.25, 0.3) is 0 Å². The van der Waals surface area contributed by atoms with Gasteiger partial charge in [-0.1, -0.05) is 30.7 Å². The van der Waals surface area contributed by atoms with Gasteiger partial charge in [-0.25, -0.2) is 4.79 Å². The molecule has 0 heterocycles. The molecule has 3 N–H and O–H groups in total. The number of hydrogen-bond donors (Lipinski definition) is 3. The van der Waals surface area contributed by atoms with Gasteiger partial charge in [0.05, 0.1) is 6.61 Å². The SMILES string of the molecule is CCC(C)N(C(=O)C(CO)NC(=O)OC(C)(C)C)C(C(=O)NC(C)C)c1cc(C)ccc1C. The van der Waals surface area contributed by atoms with Crippen LogP contribution in [0.4, 0.5) is 4.79 Å². The molecular weight excluding hydrogens is 422 g/mol. The number of aliphatic hydroxyl groups excluding tert-OH is 1. The maximum absolute atomic E-state index is 13.7. The van der Waals surface area contributed by atoms with Crippen molar-refractivity contribution in [2.45, 2.75) is 98.5 Å². The molecule has 0 bridgehead atoms. The third kappa shape index (κ3) is 8.35. The fourth-order valence-corrected chi connectivity index (χ4v) is 3.45. The number of carbonyl (C=O) groups excluding carboxylic acids is 3. The molecule has 0 saturated carbocycles. The Bertz CT molecular complexity index is 832. The van der Waals surface area contributed by atoms with Crippen molar-refractivity contribution in [3.05, 3.63) is 34.9 Å². The highest BCUT2D eigenvalue weighted by Crippen LogP contribution is 2.29. The number of rotatable bonds is 9. The highest BCUT2D eigenvalue weighted by Gasteiger charge is 2.39. The molecule has 0 aliphatic carbocycles. The van der Waals surface area contributed by atoms with Crippen molar-refractivity contribution < 1.29 is 24.2 Å². The van der Waals surface area contributed by atoms with Gasteiger partial charge >= 0.3 is 6.09 Å². The van der Waals surface area contributed by atoms with E-state index in [-0.39, 0.29) is 18.0 Å². The van der Waals surface area contributed by atoms with E-state index in [1.807, 2.05) is 59.7 Å². The Morgan fingerprint density at radius 1 is 1.09 bits per heavy atom. The van der Waals surface area contributed by atoms with Crippen molar-refractivity contribution in [2.75, 3.05) is 6.61 Å². The molecule has 186 valence electrons. The summed E-state index contributed by atoms with van der Waals surface area (Å²) in [5.41, 5.74) is 1.77. The largest absolute Gasteiger partial charge is 0.444 e.